The SMILES string of the molecule is COc1ccccc1NCCCN1C2=NC3C(C(=O)NC(=O)N3C)N2C(C)=C1C. The maximum Gasteiger partial charge on any atom is 0.325 e. The molecule has 3 amide bonds. The van der Waals surface area contributed by atoms with Crippen LogP contribution in [0.1, 0.15) is 20.3 Å². The fourth-order valence-corrected chi connectivity index (χ4v) is 4.04. The molecule has 0 saturated carbocycles. The maximum absolute atomic E-state index is 12.5. The van der Waals surface area contributed by atoms with Crippen molar-refractivity contribution in [1.82, 2.24) is 20.0 Å². The third kappa shape index (κ3) is 3.06. The van der Waals surface area contributed by atoms with Crippen molar-refractivity contribution in [2.24, 2.45) is 4.99 Å². The van der Waals surface area contributed by atoms with Crippen molar-refractivity contribution in [1.29, 1.82) is 0 Å². The van der Waals surface area contributed by atoms with Crippen molar-refractivity contribution < 1.29 is 14.3 Å². The lowest BCUT2D eigenvalue weighted by Gasteiger charge is -2.35. The standard InChI is InChI=1S/C20H26N6O3/c1-12-13(2)26-16-17(24(3)20(28)23-18(16)27)22-19(26)25(12)11-7-10-21-14-8-5-6-9-15(14)29-4/h5-6,8-9,16-17,21H,7,10-11H2,1-4H3,(H,23,27,28). The van der Waals surface area contributed by atoms with E-state index in [-0.39, 0.29) is 5.91 Å². The molecule has 0 radical (unpaired) electrons. The second-order valence-corrected chi connectivity index (χ2v) is 7.37. The summed E-state index contributed by atoms with van der Waals surface area (Å²) in [4.78, 5) is 34.7. The first-order valence-electron chi connectivity index (χ1n) is 9.70. The van der Waals surface area contributed by atoms with Crippen LogP contribution in [0.2, 0.25) is 0 Å². The Labute approximate surface area is 170 Å². The smallest absolute Gasteiger partial charge is 0.325 e. The summed E-state index contributed by atoms with van der Waals surface area (Å²) in [6.07, 6.45) is 0.370. The Kier molecular flexibility index (Phi) is 4.81. The van der Waals surface area contributed by atoms with Gasteiger partial charge in [-0.25, -0.2) is 9.79 Å². The summed E-state index contributed by atoms with van der Waals surface area (Å²) in [7, 11) is 3.32. The number of benzene rings is 1. The summed E-state index contributed by atoms with van der Waals surface area (Å²) in [6, 6.07) is 6.90. The summed E-state index contributed by atoms with van der Waals surface area (Å²) < 4.78 is 5.37. The lowest BCUT2D eigenvalue weighted by molar-refractivity contribution is -0.126. The van der Waals surface area contributed by atoms with Gasteiger partial charge in [-0.15, -0.1) is 0 Å². The number of hydrogen-bond donors (Lipinski definition) is 2. The van der Waals surface area contributed by atoms with Gasteiger partial charge < -0.3 is 19.9 Å². The van der Waals surface area contributed by atoms with Crippen molar-refractivity contribution in [2.75, 3.05) is 32.6 Å². The number of carbonyl (C=O) groups is 2. The van der Waals surface area contributed by atoms with E-state index in [2.05, 4.69) is 15.5 Å². The van der Waals surface area contributed by atoms with Gasteiger partial charge in [0.15, 0.2) is 12.2 Å². The fourth-order valence-electron chi connectivity index (χ4n) is 4.04. The molecule has 3 aliphatic rings. The second-order valence-electron chi connectivity index (χ2n) is 7.37. The molecule has 1 saturated heterocycles. The predicted molar refractivity (Wildman–Crippen MR) is 109 cm³/mol. The van der Waals surface area contributed by atoms with Gasteiger partial charge in [-0.1, -0.05) is 12.1 Å². The molecular weight excluding hydrogens is 372 g/mol. The van der Waals surface area contributed by atoms with E-state index in [4.69, 9.17) is 9.73 Å². The minimum Gasteiger partial charge on any atom is -0.495 e. The number of rotatable bonds is 6. The molecule has 1 aromatic carbocycles. The van der Waals surface area contributed by atoms with Gasteiger partial charge in [0, 0.05) is 31.5 Å². The summed E-state index contributed by atoms with van der Waals surface area (Å²) >= 11 is 0. The lowest BCUT2D eigenvalue weighted by Crippen LogP contribution is -2.63. The number of aliphatic imine (C=N–C) groups is 1. The molecule has 1 aromatic rings. The summed E-state index contributed by atoms with van der Waals surface area (Å²) in [5, 5.41) is 5.82. The van der Waals surface area contributed by atoms with Crippen LogP contribution in [0.5, 0.6) is 5.75 Å². The number of ether oxygens (including phenoxy) is 1. The van der Waals surface area contributed by atoms with Crippen LogP contribution < -0.4 is 15.4 Å². The number of likely N-dealkylation sites (N-methyl/N-ethyl adjacent to an activating group) is 1. The third-order valence-corrected chi connectivity index (χ3v) is 5.75. The molecule has 0 spiro atoms. The van der Waals surface area contributed by atoms with Crippen molar-refractivity contribution in [3.8, 4) is 5.75 Å². The Bertz CT molecular complexity index is 911. The van der Waals surface area contributed by atoms with Crippen LogP contribution in [0.4, 0.5) is 10.5 Å². The molecule has 2 N–H and O–H groups in total. The van der Waals surface area contributed by atoms with Crippen LogP contribution >= 0.6 is 0 Å². The number of guanidine groups is 1. The van der Waals surface area contributed by atoms with Gasteiger partial charge >= 0.3 is 6.03 Å². The van der Waals surface area contributed by atoms with Gasteiger partial charge in [0.2, 0.25) is 5.96 Å². The molecule has 2 atom stereocenters. The lowest BCUT2D eigenvalue weighted by atomic mass is 10.1. The zero-order chi connectivity index (χ0) is 20.7. The van der Waals surface area contributed by atoms with Gasteiger partial charge in [0.05, 0.1) is 12.8 Å². The summed E-state index contributed by atoms with van der Waals surface area (Å²) in [5.74, 6) is 1.25. The van der Waals surface area contributed by atoms with Gasteiger partial charge in [-0.2, -0.15) is 0 Å². The number of para-hydroxylation sites is 2. The highest BCUT2D eigenvalue weighted by Gasteiger charge is 2.52. The number of methoxy groups -OCH3 is 1. The van der Waals surface area contributed by atoms with Gasteiger partial charge in [-0.3, -0.25) is 15.0 Å². The number of allylic oxidation sites excluding steroid dienone is 2. The maximum atomic E-state index is 12.5. The Balaban J connectivity index is 1.45. The van der Waals surface area contributed by atoms with E-state index in [1.807, 2.05) is 43.0 Å². The molecule has 1 fully saturated rings. The number of hydrogen-bond acceptors (Lipinski definition) is 7. The van der Waals surface area contributed by atoms with Crippen molar-refractivity contribution in [2.45, 2.75) is 32.5 Å². The summed E-state index contributed by atoms with van der Waals surface area (Å²) in [6.45, 7) is 5.54. The Hall–Kier alpha value is -3.23. The minimum absolute atomic E-state index is 0.302. The number of carbonyl (C=O) groups excluding carboxylic acids is 2. The normalized spacial score (nSPS) is 23.2. The molecule has 9 nitrogen and oxygen atoms in total. The number of urea groups is 1. The number of nitrogens with zero attached hydrogens (tertiary/aromatic N) is 4. The number of anilines is 1. The largest absolute Gasteiger partial charge is 0.495 e. The number of imide groups is 1. The van der Waals surface area contributed by atoms with Crippen molar-refractivity contribution >= 4 is 23.6 Å². The quantitative estimate of drug-likeness (QED) is 0.708. The molecule has 3 aliphatic heterocycles. The van der Waals surface area contributed by atoms with E-state index in [1.165, 1.54) is 4.90 Å². The molecule has 29 heavy (non-hydrogen) atoms. The average Bonchev–Trinajstić information content (AvgIpc) is 3.21. The number of fused-ring (bicyclic) bond motifs is 3. The fraction of sp³-hybridized carbons (Fsp3) is 0.450. The van der Waals surface area contributed by atoms with E-state index in [9.17, 15) is 9.59 Å². The molecule has 9 heteroatoms. The van der Waals surface area contributed by atoms with Crippen LogP contribution in [0.3, 0.4) is 0 Å². The molecule has 0 bridgehead atoms. The van der Waals surface area contributed by atoms with E-state index in [0.29, 0.717) is 0 Å². The van der Waals surface area contributed by atoms with E-state index in [0.717, 1.165) is 48.3 Å². The highest BCUT2D eigenvalue weighted by molar-refractivity contribution is 6.05. The molecule has 154 valence electrons. The van der Waals surface area contributed by atoms with Crippen LogP contribution in [0.15, 0.2) is 40.7 Å². The van der Waals surface area contributed by atoms with E-state index >= 15 is 0 Å². The molecular formula is C20H26N6O3. The van der Waals surface area contributed by atoms with Crippen molar-refractivity contribution in [3.63, 3.8) is 0 Å². The second kappa shape index (κ2) is 7.31. The number of amides is 3. The van der Waals surface area contributed by atoms with E-state index in [1.54, 1.807) is 14.2 Å². The predicted octanol–water partition coefficient (Wildman–Crippen LogP) is 1.61. The zero-order valence-corrected chi connectivity index (χ0v) is 17.1. The third-order valence-electron chi connectivity index (χ3n) is 5.75. The molecule has 2 unspecified atom stereocenters. The van der Waals surface area contributed by atoms with Crippen LogP contribution in [0, 0.1) is 0 Å². The highest BCUT2D eigenvalue weighted by atomic mass is 16.5. The van der Waals surface area contributed by atoms with Crippen LogP contribution in [-0.2, 0) is 4.79 Å². The van der Waals surface area contributed by atoms with E-state index < -0.39 is 18.2 Å². The first-order valence-corrected chi connectivity index (χ1v) is 9.70. The zero-order valence-electron chi connectivity index (χ0n) is 17.1. The molecule has 4 rings (SSSR count). The monoisotopic (exact) mass is 398 g/mol. The topological polar surface area (TPSA) is 89.5 Å². The minimum atomic E-state index is -0.514. The summed E-state index contributed by atoms with van der Waals surface area (Å²) in [5.41, 5.74) is 3.03. The highest BCUT2D eigenvalue weighted by Crippen LogP contribution is 2.36. The Morgan fingerprint density at radius 2 is 1.97 bits per heavy atom. The van der Waals surface area contributed by atoms with Gasteiger partial charge in [0.1, 0.15) is 5.75 Å². The van der Waals surface area contributed by atoms with Crippen LogP contribution in [-0.4, -0.2) is 72.1 Å². The van der Waals surface area contributed by atoms with Crippen LogP contribution in [0.25, 0.3) is 0 Å². The average molecular weight is 398 g/mol. The van der Waals surface area contributed by atoms with Gasteiger partial charge in [-0.05, 0) is 32.4 Å². The van der Waals surface area contributed by atoms with Crippen molar-refractivity contribution in [3.05, 3.63) is 35.7 Å². The first kappa shape index (κ1) is 19.1. The molecule has 3 heterocycles. The molecule has 0 aliphatic carbocycles. The Morgan fingerprint density at radius 3 is 2.72 bits per heavy atom. The molecule has 0 aromatic heterocycles. The van der Waals surface area contributed by atoms with Gasteiger partial charge in [0.25, 0.3) is 5.91 Å². The Morgan fingerprint density at radius 1 is 1.21 bits per heavy atom. The number of nitrogens with one attached hydrogen (secondary N) is 2. The first-order chi connectivity index (χ1) is 13.9.